The summed E-state index contributed by atoms with van der Waals surface area (Å²) in [5.74, 6) is -1.96. The minimum absolute atomic E-state index is 0.0000772. The van der Waals surface area contributed by atoms with E-state index in [1.165, 1.54) is 13.8 Å². The summed E-state index contributed by atoms with van der Waals surface area (Å²) in [4.78, 5) is 53.2. The zero-order valence-corrected chi connectivity index (χ0v) is 40.6. The van der Waals surface area contributed by atoms with Crippen LogP contribution in [0.4, 0.5) is 22.7 Å². The van der Waals surface area contributed by atoms with E-state index in [0.29, 0.717) is 46.5 Å². The van der Waals surface area contributed by atoms with E-state index in [9.17, 15) is 36.0 Å². The van der Waals surface area contributed by atoms with Gasteiger partial charge in [-0.1, -0.05) is 77.3 Å². The molecular weight excluding hydrogens is 881 g/mol. The molecule has 0 saturated heterocycles. The minimum Gasteiger partial charge on any atom is -0.462 e. The van der Waals surface area contributed by atoms with Gasteiger partial charge in [0, 0.05) is 46.7 Å². The van der Waals surface area contributed by atoms with Gasteiger partial charge in [-0.25, -0.2) is 35.9 Å². The molecule has 1 aliphatic carbocycles. The maximum Gasteiger partial charge on any atom is 0.333 e. The molecule has 0 bridgehead atoms. The Kier molecular flexibility index (Phi) is 16.7. The first-order chi connectivity index (χ1) is 31.2. The molecule has 14 nitrogen and oxygen atoms in total. The lowest BCUT2D eigenvalue weighted by molar-refractivity contribution is -0.139. The molecule has 0 aliphatic heterocycles. The summed E-state index contributed by atoms with van der Waals surface area (Å²) < 4.78 is 71.7. The second kappa shape index (κ2) is 21.6. The van der Waals surface area contributed by atoms with Crippen molar-refractivity contribution >= 4 is 66.3 Å². The van der Waals surface area contributed by atoms with Crippen LogP contribution in [-0.4, -0.2) is 66.6 Å². The Morgan fingerprint density at radius 1 is 0.591 bits per heavy atom. The first-order valence-corrected chi connectivity index (χ1v) is 25.1. The van der Waals surface area contributed by atoms with Crippen molar-refractivity contribution in [2.24, 2.45) is 0 Å². The van der Waals surface area contributed by atoms with Gasteiger partial charge < -0.3 is 20.1 Å². The number of sulfonamides is 2. The van der Waals surface area contributed by atoms with E-state index in [4.69, 9.17) is 9.47 Å². The molecule has 0 atom stereocenters. The summed E-state index contributed by atoms with van der Waals surface area (Å²) in [5, 5.41) is 6.85. The molecule has 0 radical (unpaired) electrons. The predicted octanol–water partition coefficient (Wildman–Crippen LogP) is 8.39. The molecule has 0 unspecified atom stereocenters. The molecule has 0 saturated carbocycles. The highest BCUT2D eigenvalue weighted by Crippen LogP contribution is 2.43. The highest BCUT2D eigenvalue weighted by molar-refractivity contribution is 7.90. The molecular formula is C50H60N4O10S2. The second-order valence-corrected chi connectivity index (χ2v) is 19.6. The molecule has 16 heteroatoms. The third-order valence-corrected chi connectivity index (χ3v) is 14.7. The van der Waals surface area contributed by atoms with Crippen molar-refractivity contribution in [3.05, 3.63) is 128 Å². The van der Waals surface area contributed by atoms with Gasteiger partial charge in [0.25, 0.3) is 0 Å². The Morgan fingerprint density at radius 3 is 1.27 bits per heavy atom. The molecule has 0 amide bonds. The third kappa shape index (κ3) is 10.8. The lowest BCUT2D eigenvalue weighted by Gasteiger charge is -2.27. The molecule has 4 aromatic rings. The molecule has 4 aromatic carbocycles. The van der Waals surface area contributed by atoms with Gasteiger partial charge in [-0.3, -0.25) is 9.59 Å². The second-order valence-electron chi connectivity index (χ2n) is 16.2. The number of ether oxygens (including phenoxy) is 2. The van der Waals surface area contributed by atoms with Gasteiger partial charge in [0.05, 0.1) is 45.5 Å². The number of rotatable bonds is 22. The molecule has 0 fully saturated rings. The summed E-state index contributed by atoms with van der Waals surface area (Å²) in [6.07, 6.45) is 2.05. The summed E-state index contributed by atoms with van der Waals surface area (Å²) in [6.45, 7) is 21.2. The number of hydrogen-bond acceptors (Lipinski definition) is 12. The Bertz CT molecular complexity index is 2660. The molecule has 352 valence electrons. The van der Waals surface area contributed by atoms with Gasteiger partial charge in [-0.15, -0.1) is 0 Å². The Hall–Kier alpha value is -5.94. The van der Waals surface area contributed by atoms with E-state index in [-0.39, 0.29) is 107 Å². The lowest BCUT2D eigenvalue weighted by atomic mass is 9.82. The number of esters is 2. The van der Waals surface area contributed by atoms with Crippen molar-refractivity contribution in [1.29, 1.82) is 0 Å². The van der Waals surface area contributed by atoms with Crippen LogP contribution in [0.3, 0.4) is 0 Å². The van der Waals surface area contributed by atoms with Crippen LogP contribution in [0.15, 0.2) is 82.6 Å². The fraction of sp³-hybridized carbons (Fsp3) is 0.360. The van der Waals surface area contributed by atoms with Crippen LogP contribution >= 0.6 is 0 Å². The first kappa shape index (κ1) is 51.1. The topological polar surface area (TPSA) is 203 Å². The minimum atomic E-state index is -4.10. The predicted molar refractivity (Wildman–Crippen MR) is 257 cm³/mol. The number of carbonyl (C=O) groups excluding carboxylic acids is 4. The number of aryl methyl sites for hydroxylation is 4. The number of nitrogens with one attached hydrogen (secondary N) is 4. The molecule has 0 spiro atoms. The number of anilines is 4. The van der Waals surface area contributed by atoms with Crippen molar-refractivity contribution in [2.45, 2.75) is 104 Å². The van der Waals surface area contributed by atoms with Crippen molar-refractivity contribution in [1.82, 2.24) is 9.44 Å². The fourth-order valence-electron chi connectivity index (χ4n) is 8.16. The first-order valence-electron chi connectivity index (χ1n) is 22.1. The van der Waals surface area contributed by atoms with Crippen LogP contribution in [0.5, 0.6) is 0 Å². The highest BCUT2D eigenvalue weighted by Gasteiger charge is 2.36. The monoisotopic (exact) mass is 940 g/mol. The standard InChI is InChI=1S/C50H60N4O10S2/c1-11-33-27-31(9)47(65(59,60)51-23-17-25-63-49(57)29(5)6)35(13-3)43(33)53-39-21-22-40(42-41(39)45(55)37-19-15-16-20-38(37)46(42)56)54-44-34(12-2)28-32(10)48(36(44)14-4)66(61,62)52-24-18-26-64-50(58)30(7)8/h15-16,19-22,27-28,51-54H,5,7,11-14,17-18,23-26H2,1-4,6,8-10H3. The Balaban J connectivity index is 1.61. The quantitative estimate of drug-likeness (QED) is 0.0294. The van der Waals surface area contributed by atoms with Crippen molar-refractivity contribution in [3.63, 3.8) is 0 Å². The van der Waals surface area contributed by atoms with Crippen LogP contribution in [0.2, 0.25) is 0 Å². The zero-order chi connectivity index (χ0) is 48.7. The number of benzene rings is 4. The van der Waals surface area contributed by atoms with Gasteiger partial charge in [0.2, 0.25) is 20.0 Å². The summed E-state index contributed by atoms with van der Waals surface area (Å²) in [5.41, 5.74) is 6.16. The van der Waals surface area contributed by atoms with Crippen LogP contribution in [0, 0.1) is 13.8 Å². The number of carbonyl (C=O) groups is 4. The van der Waals surface area contributed by atoms with Crippen molar-refractivity contribution < 1.29 is 45.5 Å². The number of hydrogen-bond donors (Lipinski definition) is 4. The maximum atomic E-state index is 14.7. The highest BCUT2D eigenvalue weighted by atomic mass is 32.2. The fourth-order valence-corrected chi connectivity index (χ4v) is 11.4. The van der Waals surface area contributed by atoms with E-state index in [0.717, 1.165) is 11.1 Å². The Labute approximate surface area is 388 Å². The molecule has 66 heavy (non-hydrogen) atoms. The third-order valence-electron chi connectivity index (χ3n) is 11.3. The molecule has 0 heterocycles. The maximum absolute atomic E-state index is 14.7. The van der Waals surface area contributed by atoms with Crippen LogP contribution in [-0.2, 0) is 64.8 Å². The van der Waals surface area contributed by atoms with Crippen LogP contribution < -0.4 is 20.1 Å². The molecule has 1 aliphatic rings. The van der Waals surface area contributed by atoms with Crippen molar-refractivity contribution in [2.75, 3.05) is 36.9 Å². The zero-order valence-electron chi connectivity index (χ0n) is 39.0. The summed E-state index contributed by atoms with van der Waals surface area (Å²) in [6, 6.07) is 13.5. The lowest BCUT2D eigenvalue weighted by Crippen LogP contribution is -2.28. The van der Waals surface area contributed by atoms with E-state index in [1.807, 2.05) is 27.7 Å². The van der Waals surface area contributed by atoms with Crippen molar-refractivity contribution in [3.8, 4) is 0 Å². The SMILES string of the molecule is C=C(C)C(=O)OCCCNS(=O)(=O)c1c(C)cc(CC)c(Nc2ccc(Nc3c(CC)cc(C)c(S(=O)(=O)NCCCOC(=O)C(=C)C)c3CC)c3c2C(=O)c2ccccc2C3=O)c1CC. The molecule has 0 aromatic heterocycles. The summed E-state index contributed by atoms with van der Waals surface area (Å²) >= 11 is 0. The average molecular weight is 941 g/mol. The van der Waals surface area contributed by atoms with E-state index in [2.05, 4.69) is 33.2 Å². The smallest absolute Gasteiger partial charge is 0.333 e. The van der Waals surface area contributed by atoms with Crippen LogP contribution in [0.25, 0.3) is 0 Å². The van der Waals surface area contributed by atoms with Gasteiger partial charge >= 0.3 is 11.9 Å². The van der Waals surface area contributed by atoms with Gasteiger partial charge in [-0.05, 0) is 112 Å². The van der Waals surface area contributed by atoms with E-state index in [1.54, 1.807) is 62.4 Å². The van der Waals surface area contributed by atoms with Crippen LogP contribution in [0.1, 0.15) is 120 Å². The van der Waals surface area contributed by atoms with E-state index >= 15 is 0 Å². The number of ketones is 2. The average Bonchev–Trinajstić information content (AvgIpc) is 3.27. The van der Waals surface area contributed by atoms with Gasteiger partial charge in [0.1, 0.15) is 0 Å². The normalized spacial score (nSPS) is 12.3. The van der Waals surface area contributed by atoms with E-state index < -0.39 is 43.6 Å². The van der Waals surface area contributed by atoms with Gasteiger partial charge in [0.15, 0.2) is 11.6 Å². The largest absolute Gasteiger partial charge is 0.462 e. The summed E-state index contributed by atoms with van der Waals surface area (Å²) in [7, 11) is -8.20. The molecule has 5 rings (SSSR count). The Morgan fingerprint density at radius 2 is 0.955 bits per heavy atom. The number of fused-ring (bicyclic) bond motifs is 2. The van der Waals surface area contributed by atoms with Gasteiger partial charge in [-0.2, -0.15) is 0 Å². The molecule has 4 N–H and O–H groups in total.